The molecule has 4 rings (SSSR count). The summed E-state index contributed by atoms with van der Waals surface area (Å²) in [6.07, 6.45) is 4.19. The number of carbonyl (C=O) groups is 1. The summed E-state index contributed by atoms with van der Waals surface area (Å²) in [6, 6.07) is 9.30. The van der Waals surface area contributed by atoms with Gasteiger partial charge in [0.1, 0.15) is 23.4 Å². The molecule has 0 aliphatic carbocycles. The second kappa shape index (κ2) is 12.6. The van der Waals surface area contributed by atoms with Gasteiger partial charge >= 0.3 is 0 Å². The van der Waals surface area contributed by atoms with Gasteiger partial charge < -0.3 is 25.4 Å². The van der Waals surface area contributed by atoms with Crippen molar-refractivity contribution < 1.29 is 18.7 Å². The molecule has 1 saturated heterocycles. The Morgan fingerprint density at radius 2 is 2.14 bits per heavy atom. The Morgan fingerprint density at radius 1 is 1.25 bits per heavy atom. The molecule has 3 heterocycles. The molecule has 1 aliphatic heterocycles. The van der Waals surface area contributed by atoms with Gasteiger partial charge in [-0.25, -0.2) is 9.37 Å². The molecule has 1 amide bonds. The average molecular weight is 515 g/mol. The second-order valence-electron chi connectivity index (χ2n) is 8.31. The van der Waals surface area contributed by atoms with Crippen LogP contribution >= 0.6 is 11.6 Å². The van der Waals surface area contributed by atoms with Gasteiger partial charge in [-0.1, -0.05) is 24.9 Å². The summed E-state index contributed by atoms with van der Waals surface area (Å²) in [4.78, 5) is 16.4. The summed E-state index contributed by atoms with van der Waals surface area (Å²) in [5.74, 6) is -0.0273. The third-order valence-electron chi connectivity index (χ3n) is 5.43. The summed E-state index contributed by atoms with van der Waals surface area (Å²) in [7, 11) is 0. The first-order valence-corrected chi connectivity index (χ1v) is 12.2. The van der Waals surface area contributed by atoms with Crippen molar-refractivity contribution in [3.63, 3.8) is 0 Å². The van der Waals surface area contributed by atoms with Crippen molar-refractivity contribution in [2.75, 3.05) is 36.9 Å². The van der Waals surface area contributed by atoms with Crippen LogP contribution in [0.4, 0.5) is 21.6 Å². The number of unbranched alkanes of at least 4 members (excludes halogenated alkanes) is 1. The standard InChI is InChI=1S/C25H28ClFN6O3/c1-2-3-8-28-14-24(34)31-23-12-17(6-9-29-23)30-22-13-21(19-11-16(26)4-5-20(19)27)32-33-25(22)36-18-7-10-35-15-18/h4-6,9,11-13,18,28H,2-3,7-8,10,14-15H2,1H3,(H2,29,30,31,32,34). The number of carbonyl (C=O) groups excluding carboxylic acids is 1. The fourth-order valence-electron chi connectivity index (χ4n) is 3.57. The van der Waals surface area contributed by atoms with E-state index in [-0.39, 0.29) is 35.7 Å². The fourth-order valence-corrected chi connectivity index (χ4v) is 3.74. The molecule has 1 aliphatic rings. The molecule has 3 N–H and O–H groups in total. The van der Waals surface area contributed by atoms with Gasteiger partial charge in [0.15, 0.2) is 0 Å². The topological polar surface area (TPSA) is 110 Å². The third kappa shape index (κ3) is 7.09. The average Bonchev–Trinajstić information content (AvgIpc) is 3.38. The van der Waals surface area contributed by atoms with Gasteiger partial charge in [-0.2, -0.15) is 0 Å². The maximum Gasteiger partial charge on any atom is 0.257 e. The zero-order valence-corrected chi connectivity index (χ0v) is 20.6. The zero-order chi connectivity index (χ0) is 25.3. The summed E-state index contributed by atoms with van der Waals surface area (Å²) < 4.78 is 25.9. The molecule has 0 radical (unpaired) electrons. The number of anilines is 3. The minimum absolute atomic E-state index is 0.166. The van der Waals surface area contributed by atoms with Crippen molar-refractivity contribution in [1.29, 1.82) is 0 Å². The summed E-state index contributed by atoms with van der Waals surface area (Å²) in [6.45, 7) is 4.12. The Bertz CT molecular complexity index is 1190. The second-order valence-corrected chi connectivity index (χ2v) is 8.75. The molecule has 1 atom stereocenters. The lowest BCUT2D eigenvalue weighted by molar-refractivity contribution is -0.115. The summed E-state index contributed by atoms with van der Waals surface area (Å²) in [5.41, 5.74) is 1.59. The van der Waals surface area contributed by atoms with Crippen LogP contribution in [0.2, 0.25) is 5.02 Å². The number of aromatic nitrogens is 3. The van der Waals surface area contributed by atoms with Crippen molar-refractivity contribution in [2.45, 2.75) is 32.3 Å². The number of rotatable bonds is 11. The largest absolute Gasteiger partial charge is 0.469 e. The molecule has 1 fully saturated rings. The minimum atomic E-state index is -0.473. The highest BCUT2D eigenvalue weighted by Gasteiger charge is 2.21. The molecule has 2 aromatic heterocycles. The Hall–Kier alpha value is -3.34. The molecule has 3 aromatic rings. The van der Waals surface area contributed by atoms with E-state index < -0.39 is 5.82 Å². The number of benzene rings is 1. The van der Waals surface area contributed by atoms with Crippen LogP contribution in [-0.4, -0.2) is 53.5 Å². The lowest BCUT2D eigenvalue weighted by atomic mass is 10.1. The highest BCUT2D eigenvalue weighted by Crippen LogP contribution is 2.33. The number of pyridine rings is 1. The van der Waals surface area contributed by atoms with Crippen LogP contribution in [0.3, 0.4) is 0 Å². The molecule has 0 spiro atoms. The number of hydrogen-bond acceptors (Lipinski definition) is 8. The lowest BCUT2D eigenvalue weighted by Gasteiger charge is -2.16. The molecule has 190 valence electrons. The molecule has 1 aromatic carbocycles. The van der Waals surface area contributed by atoms with E-state index in [0.717, 1.165) is 25.8 Å². The van der Waals surface area contributed by atoms with E-state index in [1.165, 1.54) is 18.2 Å². The number of nitrogens with one attached hydrogen (secondary N) is 3. The first kappa shape index (κ1) is 25.7. The Kier molecular flexibility index (Phi) is 8.99. The van der Waals surface area contributed by atoms with Crippen molar-refractivity contribution in [3.8, 4) is 17.1 Å². The maximum atomic E-state index is 14.5. The van der Waals surface area contributed by atoms with Crippen LogP contribution in [0.15, 0.2) is 42.6 Å². The Balaban J connectivity index is 1.55. The van der Waals surface area contributed by atoms with Gasteiger partial charge in [-0.05, 0) is 43.3 Å². The molecular formula is C25H28ClFN6O3. The summed E-state index contributed by atoms with van der Waals surface area (Å²) >= 11 is 6.07. The number of hydrogen-bond donors (Lipinski definition) is 3. The molecule has 0 bridgehead atoms. The highest BCUT2D eigenvalue weighted by atomic mass is 35.5. The number of halogens is 2. The van der Waals surface area contributed by atoms with Gasteiger partial charge in [0.05, 0.1) is 25.5 Å². The minimum Gasteiger partial charge on any atom is -0.469 e. The number of ether oxygens (including phenoxy) is 2. The van der Waals surface area contributed by atoms with Crippen molar-refractivity contribution >= 4 is 34.7 Å². The van der Waals surface area contributed by atoms with E-state index in [1.54, 1.807) is 24.4 Å². The quantitative estimate of drug-likeness (QED) is 0.319. The van der Waals surface area contributed by atoms with Gasteiger partial charge in [-0.3, -0.25) is 4.79 Å². The van der Waals surface area contributed by atoms with Crippen molar-refractivity contribution in [2.24, 2.45) is 0 Å². The molecule has 11 heteroatoms. The van der Waals surface area contributed by atoms with Crippen LogP contribution in [-0.2, 0) is 9.53 Å². The van der Waals surface area contributed by atoms with Gasteiger partial charge in [0, 0.05) is 35.0 Å². The third-order valence-corrected chi connectivity index (χ3v) is 5.66. The van der Waals surface area contributed by atoms with E-state index in [1.807, 2.05) is 0 Å². The van der Waals surface area contributed by atoms with Crippen LogP contribution < -0.4 is 20.7 Å². The van der Waals surface area contributed by atoms with E-state index in [2.05, 4.69) is 38.1 Å². The molecule has 1 unspecified atom stereocenters. The fraction of sp³-hybridized carbons (Fsp3) is 0.360. The molecule has 9 nitrogen and oxygen atoms in total. The normalized spacial score (nSPS) is 15.0. The monoisotopic (exact) mass is 514 g/mol. The van der Waals surface area contributed by atoms with E-state index in [4.69, 9.17) is 21.1 Å². The predicted molar refractivity (Wildman–Crippen MR) is 136 cm³/mol. The number of nitrogens with zero attached hydrogens (tertiary/aromatic N) is 3. The summed E-state index contributed by atoms with van der Waals surface area (Å²) in [5, 5.41) is 17.9. The van der Waals surface area contributed by atoms with Gasteiger partial charge in [-0.15, -0.1) is 10.2 Å². The molecule has 36 heavy (non-hydrogen) atoms. The SMILES string of the molecule is CCCCNCC(=O)Nc1cc(Nc2cc(-c3cc(Cl)ccc3F)nnc2OC2CCOC2)ccn1. The Labute approximate surface area is 213 Å². The predicted octanol–water partition coefficient (Wildman–Crippen LogP) is 4.57. The van der Waals surface area contributed by atoms with E-state index in [9.17, 15) is 9.18 Å². The van der Waals surface area contributed by atoms with Crippen molar-refractivity contribution in [1.82, 2.24) is 20.5 Å². The lowest BCUT2D eigenvalue weighted by Crippen LogP contribution is -2.29. The van der Waals surface area contributed by atoms with Gasteiger partial charge in [0.2, 0.25) is 5.91 Å². The first-order chi connectivity index (χ1) is 17.5. The molecule has 0 saturated carbocycles. The highest BCUT2D eigenvalue weighted by molar-refractivity contribution is 6.30. The van der Waals surface area contributed by atoms with Crippen LogP contribution in [0.1, 0.15) is 26.2 Å². The number of amides is 1. The maximum absolute atomic E-state index is 14.5. The van der Waals surface area contributed by atoms with Crippen LogP contribution in [0, 0.1) is 5.82 Å². The van der Waals surface area contributed by atoms with Crippen molar-refractivity contribution in [3.05, 3.63) is 53.4 Å². The van der Waals surface area contributed by atoms with E-state index in [0.29, 0.717) is 35.4 Å². The molecular weight excluding hydrogens is 487 g/mol. The Morgan fingerprint density at radius 3 is 2.94 bits per heavy atom. The first-order valence-electron chi connectivity index (χ1n) is 11.8. The smallest absolute Gasteiger partial charge is 0.257 e. The van der Waals surface area contributed by atoms with Crippen LogP contribution in [0.5, 0.6) is 5.88 Å². The zero-order valence-electron chi connectivity index (χ0n) is 19.9. The van der Waals surface area contributed by atoms with Crippen LogP contribution in [0.25, 0.3) is 11.3 Å². The van der Waals surface area contributed by atoms with E-state index >= 15 is 0 Å². The van der Waals surface area contributed by atoms with Gasteiger partial charge in [0.25, 0.3) is 5.88 Å².